The molecule has 0 aliphatic heterocycles. The molecule has 2 aromatic rings. The molecule has 0 aliphatic carbocycles. The Labute approximate surface area is 149 Å². The molecule has 0 unspecified atom stereocenters. The Morgan fingerprint density at radius 2 is 1.72 bits per heavy atom. The van der Waals surface area contributed by atoms with Gasteiger partial charge in [0.25, 0.3) is 0 Å². The Morgan fingerprint density at radius 1 is 1.12 bits per heavy atom. The Balaban J connectivity index is 1.91. The van der Waals surface area contributed by atoms with E-state index in [1.165, 1.54) is 0 Å². The minimum atomic E-state index is -0.0835. The molecule has 0 spiro atoms. The van der Waals surface area contributed by atoms with Crippen LogP contribution in [-0.4, -0.2) is 45.1 Å². The average Bonchev–Trinajstić information content (AvgIpc) is 2.80. The van der Waals surface area contributed by atoms with Crippen molar-refractivity contribution < 1.29 is 4.79 Å². The van der Waals surface area contributed by atoms with E-state index in [1.807, 2.05) is 24.3 Å². The molecule has 0 aliphatic rings. The lowest BCUT2D eigenvalue weighted by molar-refractivity contribution is -0.121. The van der Waals surface area contributed by atoms with E-state index in [0.717, 1.165) is 17.6 Å². The van der Waals surface area contributed by atoms with Gasteiger partial charge in [0.15, 0.2) is 0 Å². The molecule has 6 heteroatoms. The SMILES string of the molecule is CC(C)N(CCNC(=O)CCn1c(=O)n(C)c2ccccc21)C(C)C. The standard InChI is InChI=1S/C19H30N4O2/c1-14(2)22(15(3)4)13-11-20-18(24)10-12-23-17-9-7-6-8-16(17)21(5)19(23)25/h6-9,14-15H,10-13H2,1-5H3,(H,20,24). The van der Waals surface area contributed by atoms with Crippen LogP contribution in [0.15, 0.2) is 29.1 Å². The Morgan fingerprint density at radius 3 is 2.32 bits per heavy atom. The van der Waals surface area contributed by atoms with Crippen LogP contribution in [0.5, 0.6) is 0 Å². The largest absolute Gasteiger partial charge is 0.355 e. The number of aromatic nitrogens is 2. The summed E-state index contributed by atoms with van der Waals surface area (Å²) in [5.41, 5.74) is 1.67. The molecule has 0 bridgehead atoms. The van der Waals surface area contributed by atoms with E-state index < -0.39 is 0 Å². The number of hydrogen-bond acceptors (Lipinski definition) is 3. The highest BCUT2D eigenvalue weighted by molar-refractivity contribution is 5.77. The van der Waals surface area contributed by atoms with Crippen molar-refractivity contribution in [3.63, 3.8) is 0 Å². The molecule has 2 rings (SSSR count). The molecule has 0 radical (unpaired) electrons. The molecule has 25 heavy (non-hydrogen) atoms. The van der Waals surface area contributed by atoms with Crippen LogP contribution in [-0.2, 0) is 18.4 Å². The van der Waals surface area contributed by atoms with E-state index in [1.54, 1.807) is 16.2 Å². The molecule has 138 valence electrons. The molecule has 1 aromatic heterocycles. The monoisotopic (exact) mass is 346 g/mol. The predicted octanol–water partition coefficient (Wildman–Crippen LogP) is 1.97. The molecule has 1 aromatic carbocycles. The maximum atomic E-state index is 12.3. The molecule has 1 N–H and O–H groups in total. The van der Waals surface area contributed by atoms with Crippen LogP contribution in [0, 0.1) is 0 Å². The summed E-state index contributed by atoms with van der Waals surface area (Å²) in [6, 6.07) is 8.55. The summed E-state index contributed by atoms with van der Waals surface area (Å²) in [4.78, 5) is 26.8. The second kappa shape index (κ2) is 8.34. The van der Waals surface area contributed by atoms with E-state index in [-0.39, 0.29) is 11.6 Å². The van der Waals surface area contributed by atoms with Gasteiger partial charge in [-0.2, -0.15) is 0 Å². The van der Waals surface area contributed by atoms with Gasteiger partial charge < -0.3 is 5.32 Å². The van der Waals surface area contributed by atoms with Crippen molar-refractivity contribution >= 4 is 16.9 Å². The van der Waals surface area contributed by atoms with E-state index in [9.17, 15) is 9.59 Å². The van der Waals surface area contributed by atoms with Crippen LogP contribution in [0.2, 0.25) is 0 Å². The first kappa shape index (κ1) is 19.2. The maximum absolute atomic E-state index is 12.3. The number of carbonyl (C=O) groups excluding carboxylic acids is 1. The van der Waals surface area contributed by atoms with Crippen molar-refractivity contribution in [2.45, 2.75) is 52.7 Å². The second-order valence-electron chi connectivity index (χ2n) is 7.01. The van der Waals surface area contributed by atoms with Crippen LogP contribution < -0.4 is 11.0 Å². The molecule has 0 fully saturated rings. The van der Waals surface area contributed by atoms with Gasteiger partial charge >= 0.3 is 5.69 Å². The van der Waals surface area contributed by atoms with E-state index in [4.69, 9.17) is 0 Å². The van der Waals surface area contributed by atoms with Gasteiger partial charge in [-0.15, -0.1) is 0 Å². The van der Waals surface area contributed by atoms with Crippen molar-refractivity contribution in [2.75, 3.05) is 13.1 Å². The first-order valence-corrected chi connectivity index (χ1v) is 8.99. The number of imidazole rings is 1. The first-order valence-electron chi connectivity index (χ1n) is 8.99. The highest BCUT2D eigenvalue weighted by atomic mass is 16.2. The van der Waals surface area contributed by atoms with Crippen LogP contribution in [0.3, 0.4) is 0 Å². The third kappa shape index (κ3) is 4.51. The van der Waals surface area contributed by atoms with Crippen molar-refractivity contribution in [3.8, 4) is 0 Å². The number of carbonyl (C=O) groups is 1. The third-order valence-electron chi connectivity index (χ3n) is 4.63. The minimum Gasteiger partial charge on any atom is -0.355 e. The minimum absolute atomic E-state index is 0.0210. The zero-order valence-corrected chi connectivity index (χ0v) is 16.0. The number of rotatable bonds is 8. The Kier molecular flexibility index (Phi) is 6.42. The molecule has 0 saturated carbocycles. The number of hydrogen-bond donors (Lipinski definition) is 1. The van der Waals surface area contributed by atoms with Gasteiger partial charge in [0.2, 0.25) is 5.91 Å². The van der Waals surface area contributed by atoms with Crippen molar-refractivity contribution in [2.24, 2.45) is 7.05 Å². The van der Waals surface area contributed by atoms with Gasteiger partial charge in [-0.3, -0.25) is 18.8 Å². The van der Waals surface area contributed by atoms with Crippen molar-refractivity contribution in [1.82, 2.24) is 19.4 Å². The fraction of sp³-hybridized carbons (Fsp3) is 0.579. The summed E-state index contributed by atoms with van der Waals surface area (Å²) in [5.74, 6) is -0.0210. The van der Waals surface area contributed by atoms with Crippen molar-refractivity contribution in [1.29, 1.82) is 0 Å². The van der Waals surface area contributed by atoms with Gasteiger partial charge in [-0.1, -0.05) is 12.1 Å². The van der Waals surface area contributed by atoms with Crippen molar-refractivity contribution in [3.05, 3.63) is 34.7 Å². The molecule has 1 heterocycles. The van der Waals surface area contributed by atoms with Crippen LogP contribution in [0.4, 0.5) is 0 Å². The maximum Gasteiger partial charge on any atom is 0.328 e. The van der Waals surface area contributed by atoms with E-state index >= 15 is 0 Å². The van der Waals surface area contributed by atoms with Gasteiger partial charge in [0.05, 0.1) is 11.0 Å². The first-order chi connectivity index (χ1) is 11.8. The Hall–Kier alpha value is -2.08. The zero-order valence-electron chi connectivity index (χ0n) is 16.0. The lowest BCUT2D eigenvalue weighted by atomic mass is 10.2. The molecular formula is C19H30N4O2. The number of fused-ring (bicyclic) bond motifs is 1. The van der Waals surface area contributed by atoms with Crippen LogP contribution in [0.1, 0.15) is 34.1 Å². The van der Waals surface area contributed by atoms with Gasteiger partial charge in [0, 0.05) is 45.2 Å². The quantitative estimate of drug-likeness (QED) is 0.795. The number of nitrogens with zero attached hydrogens (tertiary/aromatic N) is 3. The second-order valence-corrected chi connectivity index (χ2v) is 7.01. The summed E-state index contributed by atoms with van der Waals surface area (Å²) in [6.45, 7) is 10.5. The summed E-state index contributed by atoms with van der Waals surface area (Å²) in [6.07, 6.45) is 0.303. The smallest absolute Gasteiger partial charge is 0.328 e. The fourth-order valence-corrected chi connectivity index (χ4v) is 3.32. The molecule has 0 atom stereocenters. The highest BCUT2D eigenvalue weighted by Gasteiger charge is 2.14. The summed E-state index contributed by atoms with van der Waals surface area (Å²) in [7, 11) is 1.76. The molecule has 0 saturated heterocycles. The van der Waals surface area contributed by atoms with Gasteiger partial charge in [0.1, 0.15) is 0 Å². The fourth-order valence-electron chi connectivity index (χ4n) is 3.32. The topological polar surface area (TPSA) is 59.3 Å². The average molecular weight is 346 g/mol. The molecular weight excluding hydrogens is 316 g/mol. The highest BCUT2D eigenvalue weighted by Crippen LogP contribution is 2.11. The number of aryl methyl sites for hydroxylation is 2. The number of benzene rings is 1. The van der Waals surface area contributed by atoms with Crippen LogP contribution in [0.25, 0.3) is 11.0 Å². The molecule has 6 nitrogen and oxygen atoms in total. The normalized spacial score (nSPS) is 11.8. The third-order valence-corrected chi connectivity index (χ3v) is 4.63. The lowest BCUT2D eigenvalue weighted by Gasteiger charge is -2.30. The van der Waals surface area contributed by atoms with E-state index in [2.05, 4.69) is 37.9 Å². The van der Waals surface area contributed by atoms with E-state index in [0.29, 0.717) is 31.6 Å². The number of nitrogens with one attached hydrogen (secondary N) is 1. The number of amides is 1. The summed E-state index contributed by atoms with van der Waals surface area (Å²) < 4.78 is 3.29. The lowest BCUT2D eigenvalue weighted by Crippen LogP contribution is -2.42. The van der Waals surface area contributed by atoms with Gasteiger partial charge in [-0.05, 0) is 39.8 Å². The summed E-state index contributed by atoms with van der Waals surface area (Å²) in [5, 5.41) is 2.96. The predicted molar refractivity (Wildman–Crippen MR) is 102 cm³/mol. The zero-order chi connectivity index (χ0) is 18.6. The summed E-state index contributed by atoms with van der Waals surface area (Å²) >= 11 is 0. The number of para-hydroxylation sites is 2. The van der Waals surface area contributed by atoms with Gasteiger partial charge in [-0.25, -0.2) is 4.79 Å². The van der Waals surface area contributed by atoms with Crippen LogP contribution >= 0.6 is 0 Å². The molecule has 1 amide bonds. The Bertz CT molecular complexity index is 765.